The van der Waals surface area contributed by atoms with E-state index in [2.05, 4.69) is 133 Å². The molecule has 1 aliphatic heterocycles. The number of fused-ring (bicyclic) bond motifs is 3. The van der Waals surface area contributed by atoms with Crippen molar-refractivity contribution in [1.82, 2.24) is 9.97 Å². The van der Waals surface area contributed by atoms with Gasteiger partial charge in [0.1, 0.15) is 11.5 Å². The summed E-state index contributed by atoms with van der Waals surface area (Å²) in [5.74, 6) is 0.625. The number of ether oxygens (including phenoxy) is 2. The van der Waals surface area contributed by atoms with Crippen LogP contribution in [-0.4, -0.2) is 15.8 Å². The number of nitrogens with zero attached hydrogens (tertiary/aromatic N) is 2. The van der Waals surface area contributed by atoms with E-state index in [9.17, 15) is 0 Å². The minimum atomic E-state index is -0.902. The van der Waals surface area contributed by atoms with Gasteiger partial charge in [0.2, 0.25) is 5.79 Å². The van der Waals surface area contributed by atoms with Crippen molar-refractivity contribution in [1.29, 1.82) is 0 Å². The van der Waals surface area contributed by atoms with Gasteiger partial charge < -0.3 is 9.47 Å². The molecule has 4 heteroatoms. The molecule has 4 nitrogen and oxygen atoms in total. The highest BCUT2D eigenvalue weighted by molar-refractivity contribution is 5.86. The van der Waals surface area contributed by atoms with E-state index in [0.29, 0.717) is 0 Å². The molecule has 0 aliphatic carbocycles. The Kier molecular flexibility index (Phi) is 8.13. The second-order valence-corrected chi connectivity index (χ2v) is 13.7. The molecule has 0 radical (unpaired) electrons. The van der Waals surface area contributed by atoms with Crippen LogP contribution in [0.1, 0.15) is 13.8 Å². The third-order valence-corrected chi connectivity index (χ3v) is 9.56. The van der Waals surface area contributed by atoms with Crippen molar-refractivity contribution in [2.45, 2.75) is 19.6 Å². The van der Waals surface area contributed by atoms with E-state index in [1.54, 1.807) is 0 Å². The summed E-state index contributed by atoms with van der Waals surface area (Å²) >= 11 is 0. The van der Waals surface area contributed by atoms with Gasteiger partial charge in [-0.2, -0.15) is 0 Å². The van der Waals surface area contributed by atoms with Gasteiger partial charge in [-0.1, -0.05) is 133 Å². The zero-order valence-corrected chi connectivity index (χ0v) is 29.5. The Morgan fingerprint density at radius 2 is 0.698 bits per heavy atom. The molecule has 254 valence electrons. The van der Waals surface area contributed by atoms with E-state index in [-0.39, 0.29) is 0 Å². The second kappa shape index (κ2) is 13.4. The van der Waals surface area contributed by atoms with Gasteiger partial charge in [0.15, 0.2) is 0 Å². The molecule has 3 heterocycles. The molecule has 0 atom stereocenters. The van der Waals surface area contributed by atoms with Gasteiger partial charge in [-0.25, -0.2) is 9.97 Å². The Balaban J connectivity index is 1.17. The second-order valence-electron chi connectivity index (χ2n) is 13.7. The number of hydrogen-bond donors (Lipinski definition) is 0. The van der Waals surface area contributed by atoms with Crippen LogP contribution in [-0.2, 0) is 0 Å². The summed E-state index contributed by atoms with van der Waals surface area (Å²) in [4.78, 5) is 10.2. The smallest absolute Gasteiger partial charge is 0.245 e. The third kappa shape index (κ3) is 6.59. The minimum Gasteiger partial charge on any atom is -0.452 e. The van der Waals surface area contributed by atoms with E-state index in [1.807, 2.05) is 62.4 Å². The van der Waals surface area contributed by atoms with Crippen LogP contribution < -0.4 is 9.47 Å². The van der Waals surface area contributed by atoms with Crippen LogP contribution in [0, 0.1) is 0 Å². The van der Waals surface area contributed by atoms with E-state index < -0.39 is 5.79 Å². The van der Waals surface area contributed by atoms with Crippen LogP contribution in [0.25, 0.3) is 78.4 Å². The molecular formula is C49H36N2O2. The lowest BCUT2D eigenvalue weighted by Crippen LogP contribution is -2.34. The summed E-state index contributed by atoms with van der Waals surface area (Å²) in [6, 6.07) is 62.9. The van der Waals surface area contributed by atoms with Crippen molar-refractivity contribution in [2.24, 2.45) is 0 Å². The summed E-state index contributed by atoms with van der Waals surface area (Å²) in [7, 11) is 0. The van der Waals surface area contributed by atoms with Crippen LogP contribution in [0.5, 0.6) is 11.5 Å². The summed E-state index contributed by atoms with van der Waals surface area (Å²) in [6.07, 6.45) is 0. The summed E-state index contributed by atoms with van der Waals surface area (Å²) in [6.45, 7) is 3.92. The molecule has 0 fully saturated rings. The maximum absolute atomic E-state index is 6.67. The first kappa shape index (κ1) is 32.1. The van der Waals surface area contributed by atoms with Crippen molar-refractivity contribution in [2.75, 3.05) is 0 Å². The molecule has 0 spiro atoms. The topological polar surface area (TPSA) is 44.2 Å². The molecule has 6 aromatic carbocycles. The largest absolute Gasteiger partial charge is 0.452 e. The summed E-state index contributed by atoms with van der Waals surface area (Å²) < 4.78 is 13.2. The van der Waals surface area contributed by atoms with E-state index in [1.165, 1.54) is 0 Å². The van der Waals surface area contributed by atoms with Crippen molar-refractivity contribution in [3.05, 3.63) is 182 Å². The molecule has 0 N–H and O–H groups in total. The van der Waals surface area contributed by atoms with E-state index in [0.717, 1.165) is 89.9 Å². The number of rotatable bonds is 6. The SMILES string of the molecule is CC1(C)Oc2cc(-c3cc(-c4ccccc4)nc(-c4ccccc4)c3)ccc2-c2cc(-c3cc(-c4ccccc4)nc(-c4ccccc4)c3)ccc2O1. The minimum absolute atomic E-state index is 0.757. The third-order valence-electron chi connectivity index (χ3n) is 9.56. The predicted octanol–water partition coefficient (Wildman–Crippen LogP) is 12.7. The average molecular weight is 685 g/mol. The average Bonchev–Trinajstić information content (AvgIpc) is 3.33. The van der Waals surface area contributed by atoms with Crippen molar-refractivity contribution in [3.8, 4) is 89.9 Å². The van der Waals surface area contributed by atoms with Gasteiger partial charge in [0.25, 0.3) is 0 Å². The molecule has 0 unspecified atom stereocenters. The lowest BCUT2D eigenvalue weighted by Gasteiger charge is -2.26. The van der Waals surface area contributed by atoms with Gasteiger partial charge in [-0.05, 0) is 70.8 Å². The first-order chi connectivity index (χ1) is 26.0. The summed E-state index contributed by atoms with van der Waals surface area (Å²) in [5, 5.41) is 0. The lowest BCUT2D eigenvalue weighted by molar-refractivity contribution is -0.0778. The molecule has 0 saturated carbocycles. The van der Waals surface area contributed by atoms with Crippen LogP contribution in [0.4, 0.5) is 0 Å². The Morgan fingerprint density at radius 1 is 0.321 bits per heavy atom. The molecule has 0 bridgehead atoms. The highest BCUT2D eigenvalue weighted by Gasteiger charge is 2.30. The predicted molar refractivity (Wildman–Crippen MR) is 215 cm³/mol. The fourth-order valence-corrected chi connectivity index (χ4v) is 6.99. The molecule has 53 heavy (non-hydrogen) atoms. The molecule has 0 amide bonds. The lowest BCUT2D eigenvalue weighted by atomic mass is 9.94. The fourth-order valence-electron chi connectivity index (χ4n) is 6.99. The number of pyridine rings is 2. The van der Waals surface area contributed by atoms with Gasteiger partial charge in [0, 0.05) is 47.2 Å². The fraction of sp³-hybridized carbons (Fsp3) is 0.0612. The van der Waals surface area contributed by atoms with Gasteiger partial charge in [-0.15, -0.1) is 0 Å². The number of aromatic nitrogens is 2. The maximum atomic E-state index is 6.67. The zero-order chi connectivity index (χ0) is 35.8. The molecule has 1 aliphatic rings. The van der Waals surface area contributed by atoms with E-state index >= 15 is 0 Å². The molecular weight excluding hydrogens is 649 g/mol. The molecule has 8 aromatic rings. The zero-order valence-electron chi connectivity index (χ0n) is 29.5. The van der Waals surface area contributed by atoms with E-state index in [4.69, 9.17) is 19.4 Å². The molecule has 9 rings (SSSR count). The Bertz CT molecular complexity index is 2450. The standard InChI is InChI=1S/C49H36N2O2/c1-49(2)52-47-26-24-37(39-28-43(33-15-7-3-8-16-33)50-44(29-39)34-17-9-4-10-18-34)27-42(47)41-25-23-38(32-48(41)53-49)40-30-45(35-19-11-5-12-20-35)51-46(31-40)36-21-13-6-14-22-36/h3-32H,1-2H3. The van der Waals surface area contributed by atoms with Gasteiger partial charge >= 0.3 is 0 Å². The van der Waals surface area contributed by atoms with Gasteiger partial charge in [0.05, 0.1) is 22.8 Å². The van der Waals surface area contributed by atoms with Crippen LogP contribution in [0.2, 0.25) is 0 Å². The van der Waals surface area contributed by atoms with Crippen molar-refractivity contribution < 1.29 is 9.47 Å². The van der Waals surface area contributed by atoms with Crippen LogP contribution in [0.15, 0.2) is 182 Å². The summed E-state index contributed by atoms with van der Waals surface area (Å²) in [5.41, 5.74) is 14.1. The van der Waals surface area contributed by atoms with Crippen molar-refractivity contribution >= 4 is 0 Å². The Labute approximate surface area is 310 Å². The number of benzene rings is 6. The first-order valence-electron chi connectivity index (χ1n) is 17.9. The van der Waals surface area contributed by atoms with Crippen molar-refractivity contribution in [3.63, 3.8) is 0 Å². The Hall–Kier alpha value is -6.78. The van der Waals surface area contributed by atoms with Crippen LogP contribution >= 0.6 is 0 Å². The Morgan fingerprint density at radius 3 is 1.13 bits per heavy atom. The van der Waals surface area contributed by atoms with Crippen LogP contribution in [0.3, 0.4) is 0 Å². The maximum Gasteiger partial charge on any atom is 0.245 e. The monoisotopic (exact) mass is 684 g/mol. The molecule has 2 aromatic heterocycles. The highest BCUT2D eigenvalue weighted by atomic mass is 16.7. The quantitative estimate of drug-likeness (QED) is 0.175. The van der Waals surface area contributed by atoms with Gasteiger partial charge in [-0.3, -0.25) is 0 Å². The first-order valence-corrected chi connectivity index (χ1v) is 17.9. The highest BCUT2D eigenvalue weighted by Crippen LogP contribution is 2.46. The normalized spacial score (nSPS) is 12.8. The number of hydrogen-bond acceptors (Lipinski definition) is 4. The molecule has 0 saturated heterocycles.